The summed E-state index contributed by atoms with van der Waals surface area (Å²) in [6.07, 6.45) is 23.5. The molecule has 0 N–H and O–H groups in total. The van der Waals surface area contributed by atoms with Gasteiger partial charge in [0, 0.05) is 0 Å². The molecular weight excluding hydrogens is 1180 g/mol. The van der Waals surface area contributed by atoms with E-state index in [0.717, 1.165) is 0 Å². The topological polar surface area (TPSA) is 0 Å². The molecule has 0 bridgehead atoms. The Labute approximate surface area is 275 Å². The first-order valence-corrected chi connectivity index (χ1v) is 47.1. The Morgan fingerprint density at radius 2 is 0.538 bits per heavy atom. The summed E-state index contributed by atoms with van der Waals surface area (Å²) in [5.41, 5.74) is 0. The van der Waals surface area contributed by atoms with Gasteiger partial charge in [-0.25, -0.2) is 0 Å². The van der Waals surface area contributed by atoms with Gasteiger partial charge in [-0.3, -0.25) is 0 Å². The molecule has 0 radical (unpaired) electrons. The maximum absolute atomic E-state index is 3.86. The van der Waals surface area contributed by atoms with Crippen molar-refractivity contribution >= 4 is 117 Å². The predicted molar refractivity (Wildman–Crippen MR) is 204 cm³/mol. The summed E-state index contributed by atoms with van der Waals surface area (Å²) >= 11 is -6.78. The van der Waals surface area contributed by atoms with E-state index >= 15 is 0 Å². The van der Waals surface area contributed by atoms with Crippen LogP contribution in [0.2, 0.25) is 0 Å². The van der Waals surface area contributed by atoms with Crippen LogP contribution in [0, 0.1) is 0 Å². The van der Waals surface area contributed by atoms with E-state index in [1.165, 1.54) is 0 Å². The molecule has 0 aliphatic heterocycles. The molecule has 0 heterocycles. The molecule has 1 aromatic rings. The van der Waals surface area contributed by atoms with E-state index in [9.17, 15) is 0 Å². The molecule has 0 saturated heterocycles. The van der Waals surface area contributed by atoms with Crippen LogP contribution in [-0.2, 0) is 0 Å². The molecule has 0 aliphatic rings. The third-order valence-electron chi connectivity index (χ3n) is 3.75. The predicted octanol–water partition coefficient (Wildman–Crippen LogP) is 9.37. The monoisotopic (exact) mass is 1210 g/mol. The molecule has 0 atom stereocenters. The molecular formula is C30H33Bi3S6. The van der Waals surface area contributed by atoms with Gasteiger partial charge in [-0.1, -0.05) is 0 Å². The molecule has 0 spiro atoms. The van der Waals surface area contributed by atoms with Crippen LogP contribution in [0.1, 0.15) is 0 Å². The van der Waals surface area contributed by atoms with Crippen LogP contribution in [0.5, 0.6) is 0 Å². The van der Waals surface area contributed by atoms with Crippen LogP contribution in [0.15, 0.2) is 163 Å². The van der Waals surface area contributed by atoms with Crippen molar-refractivity contribution in [2.45, 2.75) is 0 Å². The van der Waals surface area contributed by atoms with Crippen molar-refractivity contribution in [1.82, 2.24) is 0 Å². The van der Waals surface area contributed by atoms with Crippen molar-refractivity contribution in [3.8, 4) is 0 Å². The number of rotatable bonds is 21. The van der Waals surface area contributed by atoms with Crippen molar-refractivity contribution in [3.05, 3.63) is 163 Å². The quantitative estimate of drug-likeness (QED) is 0.0884. The van der Waals surface area contributed by atoms with Gasteiger partial charge >= 0.3 is 280 Å². The Kier molecular flexibility index (Phi) is 25.7. The van der Waals surface area contributed by atoms with E-state index in [4.69, 9.17) is 0 Å². The van der Waals surface area contributed by atoms with Crippen molar-refractivity contribution in [2.75, 3.05) is 0 Å². The van der Waals surface area contributed by atoms with Crippen LogP contribution in [0.4, 0.5) is 0 Å². The third kappa shape index (κ3) is 17.5. The van der Waals surface area contributed by atoms with E-state index in [0.29, 0.717) is 0 Å². The van der Waals surface area contributed by atoms with E-state index < -0.39 is 56.5 Å². The van der Waals surface area contributed by atoms with Gasteiger partial charge in [0.25, 0.3) is 0 Å². The van der Waals surface area contributed by atoms with Crippen LogP contribution >= 0.6 is 51.1 Å². The summed E-state index contributed by atoms with van der Waals surface area (Å²) in [7, 11) is 12.1. The molecule has 204 valence electrons. The molecule has 0 aromatic heterocycles. The average Bonchev–Trinajstić information content (AvgIpc) is 2.95. The number of hydrogen-bond donors (Lipinski definition) is 0. The molecule has 0 saturated carbocycles. The summed E-state index contributed by atoms with van der Waals surface area (Å²) in [5, 5.41) is 13.3. The van der Waals surface area contributed by atoms with Gasteiger partial charge in [-0.05, 0) is 0 Å². The summed E-state index contributed by atoms with van der Waals surface area (Å²) in [6.45, 7) is 23.2. The van der Waals surface area contributed by atoms with Crippen molar-refractivity contribution < 1.29 is 0 Å². The molecule has 0 unspecified atom stereocenters. The van der Waals surface area contributed by atoms with Crippen molar-refractivity contribution in [2.24, 2.45) is 0 Å². The minimum absolute atomic E-state index is 1.55. The Bertz CT molecular complexity index is 907. The van der Waals surface area contributed by atoms with E-state index in [2.05, 4.69) is 127 Å². The van der Waals surface area contributed by atoms with E-state index in [1.54, 1.807) is 9.81 Å². The summed E-state index contributed by atoms with van der Waals surface area (Å²) in [6, 6.07) is 7.63. The fourth-order valence-corrected chi connectivity index (χ4v) is 55.9. The van der Waals surface area contributed by atoms with Crippen LogP contribution in [0.3, 0.4) is 0 Å². The standard InChI is InChI=1S/C6H3.6C4H6S.3Bi/c1-2-4-6-5-3-1;6*1-2-3-4-5;;;/h1,4-5H;6*2-5H,1H2;;;/q;;;;;;;3*+2/p-6. The fourth-order valence-electron chi connectivity index (χ4n) is 2.21. The van der Waals surface area contributed by atoms with Crippen molar-refractivity contribution in [3.63, 3.8) is 0 Å². The minimum atomic E-state index is -2.26. The Hall–Kier alpha value is 0.849. The molecule has 1 rings (SSSR count). The summed E-state index contributed by atoms with van der Waals surface area (Å²) < 4.78 is 4.66. The maximum atomic E-state index is 3.86. The Balaban J connectivity index is 3.76. The molecule has 39 heavy (non-hydrogen) atoms. The van der Waals surface area contributed by atoms with Crippen LogP contribution in [0.25, 0.3) is 0 Å². The van der Waals surface area contributed by atoms with E-state index in [1.807, 2.05) is 87.6 Å². The van der Waals surface area contributed by atoms with E-state index in [-0.39, 0.29) is 0 Å². The first-order chi connectivity index (χ1) is 19.1. The SMILES string of the molecule is C=CC=C[S][Bi]([S]C=CC=C)[c]1c[c]([Bi]([S]C=CC=C)[S]C=CC=C)c[c]([Bi]([S]C=CC=C)[S]C=CC=C)c1. The number of allylic oxidation sites excluding steroid dienone is 12. The van der Waals surface area contributed by atoms with Crippen LogP contribution < -0.4 is 9.81 Å². The molecule has 0 fully saturated rings. The zero-order valence-corrected chi connectivity index (χ0v) is 37.0. The molecule has 9 heteroatoms. The molecule has 0 amide bonds. The second-order valence-electron chi connectivity index (χ2n) is 6.50. The second-order valence-corrected chi connectivity index (χ2v) is 61.5. The fraction of sp³-hybridized carbons (Fsp3) is 0. The van der Waals surface area contributed by atoms with Crippen LogP contribution in [-0.4, -0.2) is 56.5 Å². The normalized spacial score (nSPS) is 12.4. The second kappa shape index (κ2) is 26.5. The zero-order valence-electron chi connectivity index (χ0n) is 21.7. The van der Waals surface area contributed by atoms with Gasteiger partial charge in [0.2, 0.25) is 0 Å². The Morgan fingerprint density at radius 3 is 0.692 bits per heavy atom. The molecule has 1 aromatic carbocycles. The first-order valence-electron chi connectivity index (χ1n) is 11.4. The summed E-state index contributed by atoms with van der Waals surface area (Å²) in [5.74, 6) is 0. The molecule has 0 nitrogen and oxygen atoms in total. The van der Waals surface area contributed by atoms with Gasteiger partial charge in [-0.2, -0.15) is 0 Å². The summed E-state index contributed by atoms with van der Waals surface area (Å²) in [4.78, 5) is 0. The third-order valence-corrected chi connectivity index (χ3v) is 61.1. The zero-order chi connectivity index (χ0) is 28.6. The van der Waals surface area contributed by atoms with Gasteiger partial charge in [0.05, 0.1) is 0 Å². The number of benzene rings is 1. The van der Waals surface area contributed by atoms with Gasteiger partial charge in [0.15, 0.2) is 0 Å². The van der Waals surface area contributed by atoms with Gasteiger partial charge in [0.1, 0.15) is 0 Å². The first kappa shape index (κ1) is 37.9. The Morgan fingerprint density at radius 1 is 0.359 bits per heavy atom. The average molecular weight is 1210 g/mol. The van der Waals surface area contributed by atoms with Gasteiger partial charge < -0.3 is 0 Å². The number of hydrogen-bond acceptors (Lipinski definition) is 6. The van der Waals surface area contributed by atoms with Gasteiger partial charge in [-0.15, -0.1) is 0 Å². The van der Waals surface area contributed by atoms with Crippen molar-refractivity contribution in [1.29, 1.82) is 0 Å². The molecule has 0 aliphatic carbocycles.